The van der Waals surface area contributed by atoms with E-state index >= 15 is 0 Å². The Bertz CT molecular complexity index is 335. The van der Waals surface area contributed by atoms with E-state index in [1.165, 1.54) is 0 Å². The van der Waals surface area contributed by atoms with Crippen molar-refractivity contribution < 1.29 is 9.47 Å². The van der Waals surface area contributed by atoms with Crippen molar-refractivity contribution in [2.75, 3.05) is 14.2 Å². The molecule has 2 heteroatoms. The summed E-state index contributed by atoms with van der Waals surface area (Å²) in [5.41, 5.74) is 0. The molecule has 16 heavy (non-hydrogen) atoms. The van der Waals surface area contributed by atoms with Crippen molar-refractivity contribution in [2.24, 2.45) is 0 Å². The summed E-state index contributed by atoms with van der Waals surface area (Å²) in [6, 6.07) is 19.5. The average Bonchev–Trinajstić information content (AvgIpc) is 2.41. The van der Waals surface area contributed by atoms with Gasteiger partial charge in [-0.25, -0.2) is 0 Å². The predicted octanol–water partition coefficient (Wildman–Crippen LogP) is 3.39. The second kappa shape index (κ2) is 7.35. The molecule has 2 aromatic carbocycles. The molecular weight excluding hydrogens is 200 g/mol. The summed E-state index contributed by atoms with van der Waals surface area (Å²) in [6.45, 7) is 0. The lowest BCUT2D eigenvalue weighted by Gasteiger charge is -2.04. The van der Waals surface area contributed by atoms with E-state index in [1.807, 2.05) is 60.7 Å². The Morgan fingerprint density at radius 1 is 0.562 bits per heavy atom. The van der Waals surface area contributed by atoms with Crippen LogP contribution in [0.2, 0.25) is 0 Å². The molecule has 0 heterocycles. The molecule has 0 atom stereocenters. The molecule has 2 rings (SSSR count). The first-order valence-electron chi connectivity index (χ1n) is 5.05. The maximum Gasteiger partial charge on any atom is 0.160 e. The van der Waals surface area contributed by atoms with Crippen LogP contribution in [-0.2, 0) is 0 Å². The second-order valence-electron chi connectivity index (χ2n) is 3.01. The van der Waals surface area contributed by atoms with Crippen LogP contribution in [0.5, 0.6) is 11.5 Å². The van der Waals surface area contributed by atoms with Gasteiger partial charge in [0.25, 0.3) is 0 Å². The number of para-hydroxylation sites is 2. The van der Waals surface area contributed by atoms with Crippen LogP contribution in [0, 0.1) is 0 Å². The molecule has 2 aromatic rings. The fourth-order valence-electron chi connectivity index (χ4n) is 1.17. The van der Waals surface area contributed by atoms with Crippen LogP contribution in [0.15, 0.2) is 60.7 Å². The molecular formula is C14H16O2. The van der Waals surface area contributed by atoms with Gasteiger partial charge in [0.2, 0.25) is 0 Å². The van der Waals surface area contributed by atoms with Gasteiger partial charge in [-0.15, -0.1) is 0 Å². The summed E-state index contributed by atoms with van der Waals surface area (Å²) in [5, 5.41) is 0. The molecule has 84 valence electrons. The van der Waals surface area contributed by atoms with Gasteiger partial charge in [0, 0.05) is 0 Å². The highest BCUT2D eigenvalue weighted by Gasteiger charge is 1.97. The van der Waals surface area contributed by atoms with E-state index in [4.69, 9.17) is 9.47 Å². The molecule has 0 unspecified atom stereocenters. The Morgan fingerprint density at radius 3 is 1.12 bits per heavy atom. The van der Waals surface area contributed by atoms with Gasteiger partial charge in [0.1, 0.15) is 0 Å². The third-order valence-electron chi connectivity index (χ3n) is 1.96. The Kier molecular flexibility index (Phi) is 5.56. The van der Waals surface area contributed by atoms with Crippen molar-refractivity contribution in [1.82, 2.24) is 0 Å². The van der Waals surface area contributed by atoms with Crippen LogP contribution in [0.3, 0.4) is 0 Å². The van der Waals surface area contributed by atoms with Crippen molar-refractivity contribution in [2.45, 2.75) is 0 Å². The first-order chi connectivity index (χ1) is 7.88. The maximum absolute atomic E-state index is 5.01. The van der Waals surface area contributed by atoms with Gasteiger partial charge in [-0.3, -0.25) is 0 Å². The maximum atomic E-state index is 5.01. The minimum atomic E-state index is 0.769. The molecule has 0 spiro atoms. The lowest BCUT2D eigenvalue weighted by Crippen LogP contribution is -1.88. The van der Waals surface area contributed by atoms with Crippen LogP contribution >= 0.6 is 0 Å². The van der Waals surface area contributed by atoms with E-state index in [1.54, 1.807) is 14.2 Å². The van der Waals surface area contributed by atoms with E-state index in [0.717, 1.165) is 11.5 Å². The molecule has 0 amide bonds. The molecule has 0 bridgehead atoms. The van der Waals surface area contributed by atoms with E-state index < -0.39 is 0 Å². The Labute approximate surface area is 96.5 Å². The number of hydrogen-bond donors (Lipinski definition) is 0. The molecule has 0 saturated carbocycles. The first kappa shape index (κ1) is 12.1. The van der Waals surface area contributed by atoms with Crippen molar-refractivity contribution >= 4 is 0 Å². The Hall–Kier alpha value is -1.96. The van der Waals surface area contributed by atoms with E-state index in [9.17, 15) is 0 Å². The SMILES string of the molecule is COc1ccccc1OC.c1ccccc1. The van der Waals surface area contributed by atoms with Crippen molar-refractivity contribution in [1.29, 1.82) is 0 Å². The van der Waals surface area contributed by atoms with Gasteiger partial charge in [-0.05, 0) is 12.1 Å². The second-order valence-corrected chi connectivity index (χ2v) is 3.01. The molecule has 0 aliphatic rings. The lowest BCUT2D eigenvalue weighted by atomic mass is 10.3. The van der Waals surface area contributed by atoms with Gasteiger partial charge >= 0.3 is 0 Å². The normalized spacial score (nSPS) is 8.62. The van der Waals surface area contributed by atoms with E-state index in [2.05, 4.69) is 0 Å². The molecule has 0 aromatic heterocycles. The van der Waals surface area contributed by atoms with Crippen LogP contribution in [0.1, 0.15) is 0 Å². The topological polar surface area (TPSA) is 18.5 Å². The number of hydrogen-bond acceptors (Lipinski definition) is 2. The number of benzene rings is 2. The summed E-state index contributed by atoms with van der Waals surface area (Å²) in [5.74, 6) is 1.54. The zero-order valence-electron chi connectivity index (χ0n) is 9.59. The Balaban J connectivity index is 0.000000181. The molecule has 0 saturated heterocycles. The van der Waals surface area contributed by atoms with Gasteiger partial charge in [-0.2, -0.15) is 0 Å². The highest BCUT2D eigenvalue weighted by Crippen LogP contribution is 2.24. The monoisotopic (exact) mass is 216 g/mol. The van der Waals surface area contributed by atoms with Crippen LogP contribution < -0.4 is 9.47 Å². The fourth-order valence-corrected chi connectivity index (χ4v) is 1.17. The highest BCUT2D eigenvalue weighted by molar-refractivity contribution is 5.38. The number of ether oxygens (including phenoxy) is 2. The predicted molar refractivity (Wildman–Crippen MR) is 66.0 cm³/mol. The molecule has 0 aliphatic carbocycles. The van der Waals surface area contributed by atoms with Crippen molar-refractivity contribution in [3.05, 3.63) is 60.7 Å². The fraction of sp³-hybridized carbons (Fsp3) is 0.143. The summed E-state index contributed by atoms with van der Waals surface area (Å²) < 4.78 is 10.0. The van der Waals surface area contributed by atoms with E-state index in [-0.39, 0.29) is 0 Å². The standard InChI is InChI=1S/C8H10O2.C6H6/c1-9-7-5-3-4-6-8(7)10-2;1-2-4-6-5-3-1/h3-6H,1-2H3;1-6H. The zero-order chi connectivity index (χ0) is 11.6. The molecule has 2 nitrogen and oxygen atoms in total. The zero-order valence-corrected chi connectivity index (χ0v) is 9.59. The number of rotatable bonds is 2. The van der Waals surface area contributed by atoms with Gasteiger partial charge in [0.05, 0.1) is 14.2 Å². The third-order valence-corrected chi connectivity index (χ3v) is 1.96. The van der Waals surface area contributed by atoms with Crippen LogP contribution in [0.25, 0.3) is 0 Å². The van der Waals surface area contributed by atoms with Gasteiger partial charge in [-0.1, -0.05) is 48.5 Å². The largest absolute Gasteiger partial charge is 0.493 e. The smallest absolute Gasteiger partial charge is 0.160 e. The summed E-state index contributed by atoms with van der Waals surface area (Å²) in [7, 11) is 3.25. The molecule has 0 radical (unpaired) electrons. The van der Waals surface area contributed by atoms with Crippen molar-refractivity contribution in [3.8, 4) is 11.5 Å². The molecule has 0 N–H and O–H groups in total. The molecule has 0 aliphatic heterocycles. The van der Waals surface area contributed by atoms with Gasteiger partial charge < -0.3 is 9.47 Å². The lowest BCUT2D eigenvalue weighted by molar-refractivity contribution is 0.355. The number of methoxy groups -OCH3 is 2. The van der Waals surface area contributed by atoms with Crippen LogP contribution in [0.4, 0.5) is 0 Å². The molecule has 0 fully saturated rings. The summed E-state index contributed by atoms with van der Waals surface area (Å²) in [6.07, 6.45) is 0. The quantitative estimate of drug-likeness (QED) is 0.766. The van der Waals surface area contributed by atoms with Crippen molar-refractivity contribution in [3.63, 3.8) is 0 Å². The Morgan fingerprint density at radius 2 is 0.875 bits per heavy atom. The van der Waals surface area contributed by atoms with E-state index in [0.29, 0.717) is 0 Å². The minimum absolute atomic E-state index is 0.769. The highest BCUT2D eigenvalue weighted by atomic mass is 16.5. The summed E-state index contributed by atoms with van der Waals surface area (Å²) >= 11 is 0. The average molecular weight is 216 g/mol. The third kappa shape index (κ3) is 4.05. The first-order valence-corrected chi connectivity index (χ1v) is 5.05. The summed E-state index contributed by atoms with van der Waals surface area (Å²) in [4.78, 5) is 0. The van der Waals surface area contributed by atoms with Gasteiger partial charge in [0.15, 0.2) is 11.5 Å². The minimum Gasteiger partial charge on any atom is -0.493 e. The van der Waals surface area contributed by atoms with Crippen LogP contribution in [-0.4, -0.2) is 14.2 Å².